The third kappa shape index (κ3) is 2.00. The highest BCUT2D eigenvalue weighted by Crippen LogP contribution is 2.19. The van der Waals surface area contributed by atoms with Gasteiger partial charge in [-0.05, 0) is 24.3 Å². The summed E-state index contributed by atoms with van der Waals surface area (Å²) in [5, 5.41) is 0. The van der Waals surface area contributed by atoms with E-state index in [9.17, 15) is 4.39 Å². The Morgan fingerprint density at radius 3 is 2.83 bits per heavy atom. The zero-order valence-corrected chi connectivity index (χ0v) is 9.49. The fraction of sp³-hybridized carbons (Fsp3) is 0. The van der Waals surface area contributed by atoms with Crippen molar-refractivity contribution in [2.24, 2.45) is 0 Å². The molecule has 0 aliphatic rings. The molecule has 0 saturated heterocycles. The Hall–Kier alpha value is -2.49. The predicted octanol–water partition coefficient (Wildman–Crippen LogP) is 3.07. The second-order valence-electron chi connectivity index (χ2n) is 3.89. The van der Waals surface area contributed by atoms with E-state index in [2.05, 4.69) is 9.97 Å². The largest absolute Gasteiger partial charge is 0.304 e. The molecule has 18 heavy (non-hydrogen) atoms. The average Bonchev–Trinajstić information content (AvgIpc) is 2.89. The summed E-state index contributed by atoms with van der Waals surface area (Å²) in [5.41, 5.74) is 2.42. The Kier molecular flexibility index (Phi) is 2.61. The first-order chi connectivity index (χ1) is 8.83. The summed E-state index contributed by atoms with van der Waals surface area (Å²) in [6.07, 6.45) is 7.01. The van der Waals surface area contributed by atoms with Gasteiger partial charge in [-0.1, -0.05) is 12.1 Å². The highest BCUT2D eigenvalue weighted by Gasteiger charge is 2.04. The van der Waals surface area contributed by atoms with Crippen molar-refractivity contribution < 1.29 is 4.39 Å². The van der Waals surface area contributed by atoms with Crippen LogP contribution >= 0.6 is 0 Å². The summed E-state index contributed by atoms with van der Waals surface area (Å²) in [6, 6.07) is 10.2. The van der Waals surface area contributed by atoms with Gasteiger partial charge in [0.05, 0.1) is 23.9 Å². The quantitative estimate of drug-likeness (QED) is 0.688. The fourth-order valence-corrected chi connectivity index (χ4v) is 1.77. The molecule has 0 bridgehead atoms. The van der Waals surface area contributed by atoms with Crippen molar-refractivity contribution >= 4 is 0 Å². The number of imidazole rings is 1. The maximum atomic E-state index is 13.1. The molecule has 0 unspecified atom stereocenters. The van der Waals surface area contributed by atoms with Crippen LogP contribution in [-0.2, 0) is 0 Å². The van der Waals surface area contributed by atoms with Crippen LogP contribution < -0.4 is 0 Å². The average molecular weight is 239 g/mol. The second-order valence-corrected chi connectivity index (χ2v) is 3.89. The highest BCUT2D eigenvalue weighted by atomic mass is 19.1. The standard InChI is InChI=1S/C14H10FN3/c15-12-4-1-3-11(7-12)14-9-18(10-17-14)13-5-2-6-16-8-13/h1-10H. The third-order valence-electron chi connectivity index (χ3n) is 2.65. The van der Waals surface area contributed by atoms with Crippen LogP contribution in [0.5, 0.6) is 0 Å². The molecule has 88 valence electrons. The molecule has 1 aromatic carbocycles. The Bertz CT molecular complexity index is 662. The van der Waals surface area contributed by atoms with E-state index in [1.165, 1.54) is 12.1 Å². The highest BCUT2D eigenvalue weighted by molar-refractivity contribution is 5.58. The first kappa shape index (κ1) is 10.7. The second kappa shape index (κ2) is 4.41. The molecule has 3 aromatic rings. The van der Waals surface area contributed by atoms with Crippen molar-refractivity contribution in [2.75, 3.05) is 0 Å². The van der Waals surface area contributed by atoms with E-state index in [1.807, 2.05) is 29.0 Å². The first-order valence-corrected chi connectivity index (χ1v) is 5.53. The van der Waals surface area contributed by atoms with E-state index in [1.54, 1.807) is 24.8 Å². The van der Waals surface area contributed by atoms with Gasteiger partial charge in [-0.15, -0.1) is 0 Å². The minimum Gasteiger partial charge on any atom is -0.304 e. The number of nitrogens with zero attached hydrogens (tertiary/aromatic N) is 3. The summed E-state index contributed by atoms with van der Waals surface area (Å²) in [7, 11) is 0. The zero-order valence-electron chi connectivity index (χ0n) is 9.49. The van der Waals surface area contributed by atoms with Crippen molar-refractivity contribution in [3.63, 3.8) is 0 Å². The Balaban J connectivity index is 2.00. The lowest BCUT2D eigenvalue weighted by Gasteiger charge is -1.99. The van der Waals surface area contributed by atoms with Crippen molar-refractivity contribution in [3.05, 3.63) is 67.1 Å². The summed E-state index contributed by atoms with van der Waals surface area (Å²) >= 11 is 0. The number of hydrogen-bond donors (Lipinski definition) is 0. The number of hydrogen-bond acceptors (Lipinski definition) is 2. The molecular formula is C14H10FN3. The van der Waals surface area contributed by atoms with Crippen molar-refractivity contribution in [3.8, 4) is 16.9 Å². The maximum absolute atomic E-state index is 13.1. The molecule has 2 heterocycles. The van der Waals surface area contributed by atoms with Crippen LogP contribution in [0.15, 0.2) is 61.3 Å². The molecular weight excluding hydrogens is 229 g/mol. The molecule has 0 amide bonds. The lowest BCUT2D eigenvalue weighted by molar-refractivity contribution is 0.628. The summed E-state index contributed by atoms with van der Waals surface area (Å²) in [6.45, 7) is 0. The first-order valence-electron chi connectivity index (χ1n) is 5.53. The Morgan fingerprint density at radius 1 is 1.11 bits per heavy atom. The van der Waals surface area contributed by atoms with E-state index in [0.717, 1.165) is 16.9 Å². The predicted molar refractivity (Wildman–Crippen MR) is 66.8 cm³/mol. The molecule has 0 aliphatic carbocycles. The molecule has 0 aliphatic heterocycles. The van der Waals surface area contributed by atoms with Gasteiger partial charge in [0.1, 0.15) is 5.82 Å². The van der Waals surface area contributed by atoms with Crippen LogP contribution in [0, 0.1) is 5.82 Å². The van der Waals surface area contributed by atoms with E-state index in [4.69, 9.17) is 0 Å². The maximum Gasteiger partial charge on any atom is 0.123 e. The smallest absolute Gasteiger partial charge is 0.123 e. The molecule has 0 radical (unpaired) electrons. The third-order valence-corrected chi connectivity index (χ3v) is 2.65. The van der Waals surface area contributed by atoms with Crippen molar-refractivity contribution in [1.82, 2.24) is 14.5 Å². The van der Waals surface area contributed by atoms with Gasteiger partial charge in [0.2, 0.25) is 0 Å². The monoisotopic (exact) mass is 239 g/mol. The summed E-state index contributed by atoms with van der Waals surface area (Å²) in [4.78, 5) is 8.32. The molecule has 0 atom stereocenters. The Labute approximate surface area is 104 Å². The number of benzene rings is 1. The van der Waals surface area contributed by atoms with Gasteiger partial charge >= 0.3 is 0 Å². The van der Waals surface area contributed by atoms with Crippen LogP contribution in [0.3, 0.4) is 0 Å². The minimum absolute atomic E-state index is 0.261. The lowest BCUT2D eigenvalue weighted by Crippen LogP contribution is -1.89. The number of aromatic nitrogens is 3. The van der Waals surface area contributed by atoms with Crippen LogP contribution in [-0.4, -0.2) is 14.5 Å². The zero-order chi connectivity index (χ0) is 12.4. The topological polar surface area (TPSA) is 30.7 Å². The minimum atomic E-state index is -0.261. The number of halogens is 1. The lowest BCUT2D eigenvalue weighted by atomic mass is 10.2. The van der Waals surface area contributed by atoms with Crippen LogP contribution in [0.4, 0.5) is 4.39 Å². The molecule has 0 spiro atoms. The molecule has 3 nitrogen and oxygen atoms in total. The van der Waals surface area contributed by atoms with Gasteiger partial charge < -0.3 is 4.57 Å². The van der Waals surface area contributed by atoms with Gasteiger partial charge in [-0.25, -0.2) is 9.37 Å². The molecule has 0 N–H and O–H groups in total. The SMILES string of the molecule is Fc1cccc(-c2cn(-c3cccnc3)cn2)c1. The van der Waals surface area contributed by atoms with Gasteiger partial charge in [-0.3, -0.25) is 4.98 Å². The van der Waals surface area contributed by atoms with E-state index < -0.39 is 0 Å². The fourth-order valence-electron chi connectivity index (χ4n) is 1.77. The van der Waals surface area contributed by atoms with E-state index in [-0.39, 0.29) is 5.82 Å². The van der Waals surface area contributed by atoms with Gasteiger partial charge in [0.25, 0.3) is 0 Å². The van der Waals surface area contributed by atoms with Crippen LogP contribution in [0.1, 0.15) is 0 Å². The van der Waals surface area contributed by atoms with Gasteiger partial charge in [0.15, 0.2) is 0 Å². The van der Waals surface area contributed by atoms with Crippen LogP contribution in [0.25, 0.3) is 16.9 Å². The van der Waals surface area contributed by atoms with Crippen LogP contribution in [0.2, 0.25) is 0 Å². The van der Waals surface area contributed by atoms with E-state index >= 15 is 0 Å². The molecule has 2 aromatic heterocycles. The van der Waals surface area contributed by atoms with Gasteiger partial charge in [0, 0.05) is 18.0 Å². The van der Waals surface area contributed by atoms with Gasteiger partial charge in [-0.2, -0.15) is 0 Å². The Morgan fingerprint density at radius 2 is 2.06 bits per heavy atom. The summed E-state index contributed by atoms with van der Waals surface area (Å²) in [5.74, 6) is -0.261. The summed E-state index contributed by atoms with van der Waals surface area (Å²) < 4.78 is 15.0. The molecule has 3 rings (SSSR count). The van der Waals surface area contributed by atoms with Crippen molar-refractivity contribution in [2.45, 2.75) is 0 Å². The normalized spacial score (nSPS) is 10.5. The van der Waals surface area contributed by atoms with E-state index in [0.29, 0.717) is 0 Å². The molecule has 0 fully saturated rings. The number of rotatable bonds is 2. The molecule has 4 heteroatoms. The van der Waals surface area contributed by atoms with Crippen molar-refractivity contribution in [1.29, 1.82) is 0 Å². The molecule has 0 saturated carbocycles. The number of pyridine rings is 1.